The van der Waals surface area contributed by atoms with E-state index in [1.807, 2.05) is 25.1 Å². The second-order valence-corrected chi connectivity index (χ2v) is 12.2. The smallest absolute Gasteiger partial charge is 0.209 e. The first-order chi connectivity index (χ1) is 20.0. The lowest BCUT2D eigenvalue weighted by atomic mass is 10.0. The summed E-state index contributed by atoms with van der Waals surface area (Å²) in [5.41, 5.74) is 5.33. The van der Waals surface area contributed by atoms with E-state index in [2.05, 4.69) is 29.9 Å². The van der Waals surface area contributed by atoms with Crippen molar-refractivity contribution >= 4 is 32.0 Å². The van der Waals surface area contributed by atoms with Crippen LogP contribution in [0.1, 0.15) is 11.1 Å². The van der Waals surface area contributed by atoms with E-state index in [0.717, 1.165) is 11.8 Å². The van der Waals surface area contributed by atoms with Gasteiger partial charge in [-0.25, -0.2) is 26.9 Å². The molecule has 0 fully saturated rings. The quantitative estimate of drug-likeness (QED) is 0.236. The molecule has 0 saturated heterocycles. The Morgan fingerprint density at radius 2 is 1.76 bits per heavy atom. The molecular formula is C29H26F2N8O2S. The summed E-state index contributed by atoms with van der Waals surface area (Å²) in [4.78, 5) is 18.8. The molecule has 0 spiro atoms. The number of halogens is 2. The van der Waals surface area contributed by atoms with Gasteiger partial charge in [0.05, 0.1) is 23.0 Å². The summed E-state index contributed by atoms with van der Waals surface area (Å²) in [6.07, 6.45) is 5.99. The molecule has 6 aromatic rings. The zero-order valence-corrected chi connectivity index (χ0v) is 23.7. The Morgan fingerprint density at radius 3 is 2.55 bits per heavy atom. The van der Waals surface area contributed by atoms with E-state index in [9.17, 15) is 12.8 Å². The molecule has 0 aliphatic rings. The fraction of sp³-hybridized carbons (Fsp3) is 0.172. The molecule has 3 N–H and O–H groups in total. The molecule has 42 heavy (non-hydrogen) atoms. The summed E-state index contributed by atoms with van der Waals surface area (Å²) >= 11 is 0. The van der Waals surface area contributed by atoms with Gasteiger partial charge < -0.3 is 9.88 Å². The van der Waals surface area contributed by atoms with Crippen molar-refractivity contribution in [2.45, 2.75) is 13.1 Å². The molecule has 0 aliphatic carbocycles. The number of rotatable bonds is 8. The maximum absolute atomic E-state index is 15.2. The third-order valence-corrected chi connectivity index (χ3v) is 7.32. The van der Waals surface area contributed by atoms with Gasteiger partial charge in [-0.05, 0) is 61.6 Å². The van der Waals surface area contributed by atoms with E-state index in [4.69, 9.17) is 4.98 Å². The van der Waals surface area contributed by atoms with Crippen LogP contribution < -0.4 is 4.72 Å². The molecule has 4 aromatic heterocycles. The average Bonchev–Trinajstić information content (AvgIpc) is 3.54. The monoisotopic (exact) mass is 588 g/mol. The third kappa shape index (κ3) is 5.62. The van der Waals surface area contributed by atoms with Gasteiger partial charge in [0.2, 0.25) is 10.0 Å². The van der Waals surface area contributed by atoms with Gasteiger partial charge in [-0.3, -0.25) is 15.1 Å². The van der Waals surface area contributed by atoms with Crippen LogP contribution in [0.15, 0.2) is 61.1 Å². The van der Waals surface area contributed by atoms with Gasteiger partial charge in [0, 0.05) is 59.8 Å². The van der Waals surface area contributed by atoms with E-state index in [1.165, 1.54) is 18.2 Å². The number of pyridine rings is 2. The Morgan fingerprint density at radius 1 is 0.952 bits per heavy atom. The highest BCUT2D eigenvalue weighted by molar-refractivity contribution is 7.88. The highest BCUT2D eigenvalue weighted by Gasteiger charge is 2.19. The van der Waals surface area contributed by atoms with Crippen molar-refractivity contribution in [3.63, 3.8) is 0 Å². The zero-order chi connectivity index (χ0) is 29.6. The summed E-state index contributed by atoms with van der Waals surface area (Å²) in [6, 6.07) is 11.0. The van der Waals surface area contributed by atoms with Crippen molar-refractivity contribution in [3.05, 3.63) is 83.8 Å². The number of benzene rings is 2. The van der Waals surface area contributed by atoms with E-state index in [0.29, 0.717) is 67.9 Å². The molecule has 4 heterocycles. The largest absolute Gasteiger partial charge is 0.336 e. The second-order valence-electron chi connectivity index (χ2n) is 10.4. The molecule has 0 unspecified atom stereocenters. The lowest BCUT2D eigenvalue weighted by Gasteiger charge is -2.11. The van der Waals surface area contributed by atoms with Crippen LogP contribution in [0.5, 0.6) is 0 Å². The Kier molecular flexibility index (Phi) is 7.01. The molecular weight excluding hydrogens is 562 g/mol. The Hall–Kier alpha value is -4.59. The molecule has 6 rings (SSSR count). The molecule has 214 valence electrons. The van der Waals surface area contributed by atoms with Crippen LogP contribution in [0.25, 0.3) is 55.8 Å². The van der Waals surface area contributed by atoms with Crippen LogP contribution >= 0.6 is 0 Å². The highest BCUT2D eigenvalue weighted by atomic mass is 32.2. The fourth-order valence-corrected chi connectivity index (χ4v) is 5.32. The molecule has 13 heteroatoms. The summed E-state index contributed by atoms with van der Waals surface area (Å²) < 4.78 is 55.2. The predicted molar refractivity (Wildman–Crippen MR) is 157 cm³/mol. The first-order valence-electron chi connectivity index (χ1n) is 12.9. The summed E-state index contributed by atoms with van der Waals surface area (Å²) in [5, 5.41) is 7.95. The SMILES string of the molecule is CN(C)Cc1cncc(-c2cc3c(-c4nc5c(-c6cc(F)cc(CNS(C)(=O)=O)c6)nccc5[nH]4)n[nH]c3cc2F)c1. The van der Waals surface area contributed by atoms with Gasteiger partial charge in [-0.1, -0.05) is 0 Å². The number of hydrogen-bond donors (Lipinski definition) is 3. The number of H-pyrrole nitrogens is 2. The molecule has 0 bridgehead atoms. The van der Waals surface area contributed by atoms with Crippen molar-refractivity contribution in [1.29, 1.82) is 0 Å². The lowest BCUT2D eigenvalue weighted by Crippen LogP contribution is -2.21. The van der Waals surface area contributed by atoms with Crippen molar-refractivity contribution < 1.29 is 17.2 Å². The van der Waals surface area contributed by atoms with Crippen LogP contribution in [-0.4, -0.2) is 63.8 Å². The second kappa shape index (κ2) is 10.7. The first kappa shape index (κ1) is 27.6. The normalized spacial score (nSPS) is 12.1. The number of nitrogens with zero attached hydrogens (tertiary/aromatic N) is 5. The minimum absolute atomic E-state index is 0.0723. The van der Waals surface area contributed by atoms with E-state index >= 15 is 4.39 Å². The Balaban J connectivity index is 1.42. The Bertz CT molecular complexity index is 2070. The molecule has 0 aliphatic heterocycles. The van der Waals surface area contributed by atoms with Crippen molar-refractivity contribution in [1.82, 2.24) is 39.8 Å². The number of hydrogen-bond acceptors (Lipinski definition) is 7. The average molecular weight is 589 g/mol. The zero-order valence-electron chi connectivity index (χ0n) is 22.9. The third-order valence-electron chi connectivity index (χ3n) is 6.65. The van der Waals surface area contributed by atoms with Gasteiger partial charge in [-0.15, -0.1) is 0 Å². The predicted octanol–water partition coefficient (Wildman–Crippen LogP) is 4.62. The molecule has 0 saturated carbocycles. The number of nitrogens with one attached hydrogen (secondary N) is 3. The van der Waals surface area contributed by atoms with Crippen molar-refractivity contribution in [3.8, 4) is 33.9 Å². The molecule has 10 nitrogen and oxygen atoms in total. The maximum atomic E-state index is 15.2. The van der Waals surface area contributed by atoms with Gasteiger partial charge >= 0.3 is 0 Å². The highest BCUT2D eigenvalue weighted by Crippen LogP contribution is 2.34. The van der Waals surface area contributed by atoms with Gasteiger partial charge in [0.25, 0.3) is 0 Å². The molecule has 0 radical (unpaired) electrons. The Labute approximate surface area is 239 Å². The minimum Gasteiger partial charge on any atom is -0.336 e. The van der Waals surface area contributed by atoms with Crippen LogP contribution in [0.3, 0.4) is 0 Å². The fourth-order valence-electron chi connectivity index (χ4n) is 4.89. The minimum atomic E-state index is -3.46. The number of imidazole rings is 1. The number of aromatic amines is 2. The number of aromatic nitrogens is 6. The van der Waals surface area contributed by atoms with Gasteiger partial charge in [0.1, 0.15) is 22.8 Å². The molecule has 2 aromatic carbocycles. The van der Waals surface area contributed by atoms with Crippen LogP contribution in [0.4, 0.5) is 8.78 Å². The van der Waals surface area contributed by atoms with Crippen LogP contribution in [0, 0.1) is 11.6 Å². The number of sulfonamides is 1. The topological polar surface area (TPSA) is 133 Å². The van der Waals surface area contributed by atoms with E-state index in [1.54, 1.807) is 36.8 Å². The standard InChI is InChI=1S/C29H26F2N8O2S/c1-39(2)15-17-7-19(14-32-12-17)21-10-22-25(11-23(21)31)37-38-27(22)29-35-24-4-5-33-26(28(24)36-29)18-6-16(8-20(30)9-18)13-34-42(3,40)41/h4-12,14,34H,13,15H2,1-3H3,(H,35,36)(H,37,38). The number of fused-ring (bicyclic) bond motifs is 2. The van der Waals surface area contributed by atoms with E-state index < -0.39 is 21.7 Å². The van der Waals surface area contributed by atoms with E-state index in [-0.39, 0.29) is 6.54 Å². The van der Waals surface area contributed by atoms with Gasteiger partial charge in [0.15, 0.2) is 5.82 Å². The first-order valence-corrected chi connectivity index (χ1v) is 14.8. The van der Waals surface area contributed by atoms with Crippen molar-refractivity contribution in [2.75, 3.05) is 20.4 Å². The van der Waals surface area contributed by atoms with Crippen LogP contribution in [0.2, 0.25) is 0 Å². The molecule has 0 amide bonds. The lowest BCUT2D eigenvalue weighted by molar-refractivity contribution is 0.402. The maximum Gasteiger partial charge on any atom is 0.209 e. The summed E-state index contributed by atoms with van der Waals surface area (Å²) in [5.74, 6) is -0.535. The van der Waals surface area contributed by atoms with Crippen LogP contribution in [-0.2, 0) is 23.1 Å². The van der Waals surface area contributed by atoms with Crippen molar-refractivity contribution in [2.24, 2.45) is 0 Å². The summed E-state index contributed by atoms with van der Waals surface area (Å²) in [6.45, 7) is 0.592. The summed E-state index contributed by atoms with van der Waals surface area (Å²) in [7, 11) is 0.444. The van der Waals surface area contributed by atoms with Gasteiger partial charge in [-0.2, -0.15) is 5.10 Å². The molecule has 0 atom stereocenters.